The Labute approximate surface area is 160 Å². The van der Waals surface area contributed by atoms with Crippen LogP contribution in [0, 0.1) is 0 Å². The van der Waals surface area contributed by atoms with Gasteiger partial charge in [-0.05, 0) is 24.0 Å². The van der Waals surface area contributed by atoms with E-state index in [0.29, 0.717) is 12.8 Å². The van der Waals surface area contributed by atoms with E-state index < -0.39 is 17.8 Å². The predicted octanol–water partition coefficient (Wildman–Crippen LogP) is 3.68. The van der Waals surface area contributed by atoms with E-state index in [9.17, 15) is 14.4 Å². The average Bonchev–Trinajstić information content (AvgIpc) is 2.70. The van der Waals surface area contributed by atoms with E-state index in [1.165, 1.54) is 9.80 Å². The maximum absolute atomic E-state index is 12.6. The molecule has 27 heavy (non-hydrogen) atoms. The summed E-state index contributed by atoms with van der Waals surface area (Å²) >= 11 is 0. The number of hydrogen-bond acceptors (Lipinski definition) is 3. The molecule has 4 amide bonds. The van der Waals surface area contributed by atoms with Gasteiger partial charge in [0, 0.05) is 13.1 Å². The normalized spacial score (nSPS) is 14.1. The highest BCUT2D eigenvalue weighted by Gasteiger charge is 2.37. The number of carbonyl (C=O) groups is 3. The summed E-state index contributed by atoms with van der Waals surface area (Å²) in [5.41, 5.74) is 2.10. The molecule has 1 fully saturated rings. The second-order valence-corrected chi connectivity index (χ2v) is 6.02. The van der Waals surface area contributed by atoms with Gasteiger partial charge in [0.15, 0.2) is 0 Å². The highest BCUT2D eigenvalue weighted by molar-refractivity contribution is 6.14. The summed E-state index contributed by atoms with van der Waals surface area (Å²) in [4.78, 5) is 39.2. The first-order chi connectivity index (χ1) is 13.1. The standard InChI is InChI=1S/C20H20N2O3.C2H6/c23-18-15-19(24)22(14-12-17-9-5-2-6-10-17)20(25)21(18)13-11-16-7-3-1-4-8-16;1-2/h1-10H,11-15H2;1-2H3. The fraction of sp³-hybridized carbons (Fsp3) is 0.318. The molecule has 0 aliphatic carbocycles. The summed E-state index contributed by atoms with van der Waals surface area (Å²) in [6.07, 6.45) is 0.924. The van der Waals surface area contributed by atoms with Crippen LogP contribution in [0.25, 0.3) is 0 Å². The van der Waals surface area contributed by atoms with Gasteiger partial charge < -0.3 is 0 Å². The van der Waals surface area contributed by atoms with Crippen LogP contribution in [0.5, 0.6) is 0 Å². The molecular formula is C22H26N2O3. The first kappa shape index (κ1) is 20.4. The zero-order valence-corrected chi connectivity index (χ0v) is 15.9. The molecule has 2 aromatic rings. The number of amides is 4. The lowest BCUT2D eigenvalue weighted by Crippen LogP contribution is -2.55. The molecule has 1 aliphatic rings. The number of nitrogens with zero attached hydrogens (tertiary/aromatic N) is 2. The summed E-state index contributed by atoms with van der Waals surface area (Å²) in [6.45, 7) is 4.58. The number of imide groups is 2. The molecule has 0 aromatic heterocycles. The number of barbiturate groups is 1. The lowest BCUT2D eigenvalue weighted by molar-refractivity contribution is -0.142. The molecule has 5 nitrogen and oxygen atoms in total. The van der Waals surface area contributed by atoms with Crippen molar-refractivity contribution in [2.75, 3.05) is 13.1 Å². The minimum atomic E-state index is -0.506. The van der Waals surface area contributed by atoms with Crippen molar-refractivity contribution < 1.29 is 14.4 Å². The van der Waals surface area contributed by atoms with Crippen LogP contribution >= 0.6 is 0 Å². The van der Waals surface area contributed by atoms with Crippen LogP contribution in [0.15, 0.2) is 60.7 Å². The molecule has 0 bridgehead atoms. The first-order valence-electron chi connectivity index (χ1n) is 9.37. The number of urea groups is 1. The Morgan fingerprint density at radius 2 is 1.04 bits per heavy atom. The van der Waals surface area contributed by atoms with Gasteiger partial charge in [0.1, 0.15) is 6.42 Å². The Bertz CT molecular complexity index is 696. The van der Waals surface area contributed by atoms with Crippen molar-refractivity contribution >= 4 is 17.8 Å². The zero-order chi connectivity index (χ0) is 19.6. The van der Waals surface area contributed by atoms with Crippen LogP contribution in [0.3, 0.4) is 0 Å². The van der Waals surface area contributed by atoms with Gasteiger partial charge in [-0.15, -0.1) is 0 Å². The van der Waals surface area contributed by atoms with Crippen molar-refractivity contribution in [3.8, 4) is 0 Å². The lowest BCUT2D eigenvalue weighted by atomic mass is 10.1. The highest BCUT2D eigenvalue weighted by Crippen LogP contribution is 2.14. The third kappa shape index (κ3) is 5.51. The second kappa shape index (κ2) is 10.3. The summed E-state index contributed by atoms with van der Waals surface area (Å²) in [6, 6.07) is 18.8. The van der Waals surface area contributed by atoms with Crippen LogP contribution in [-0.2, 0) is 22.4 Å². The van der Waals surface area contributed by atoms with E-state index in [4.69, 9.17) is 0 Å². The van der Waals surface area contributed by atoms with Crippen molar-refractivity contribution in [1.29, 1.82) is 0 Å². The Hall–Kier alpha value is -2.95. The lowest BCUT2D eigenvalue weighted by Gasteiger charge is -2.32. The van der Waals surface area contributed by atoms with Crippen molar-refractivity contribution in [3.63, 3.8) is 0 Å². The van der Waals surface area contributed by atoms with Gasteiger partial charge in [-0.3, -0.25) is 19.4 Å². The van der Waals surface area contributed by atoms with E-state index in [1.807, 2.05) is 74.5 Å². The maximum Gasteiger partial charge on any atom is 0.333 e. The van der Waals surface area contributed by atoms with E-state index in [-0.39, 0.29) is 19.5 Å². The molecular weight excluding hydrogens is 340 g/mol. The average molecular weight is 366 g/mol. The highest BCUT2D eigenvalue weighted by atomic mass is 16.2. The van der Waals surface area contributed by atoms with Crippen LogP contribution in [0.2, 0.25) is 0 Å². The summed E-state index contributed by atoms with van der Waals surface area (Å²) in [5.74, 6) is -0.830. The molecule has 0 atom stereocenters. The summed E-state index contributed by atoms with van der Waals surface area (Å²) in [7, 11) is 0. The maximum atomic E-state index is 12.6. The van der Waals surface area contributed by atoms with Gasteiger partial charge in [0.05, 0.1) is 0 Å². The van der Waals surface area contributed by atoms with Crippen molar-refractivity contribution in [2.24, 2.45) is 0 Å². The van der Waals surface area contributed by atoms with Crippen molar-refractivity contribution in [3.05, 3.63) is 71.8 Å². The summed E-state index contributed by atoms with van der Waals surface area (Å²) in [5, 5.41) is 0. The Morgan fingerprint density at radius 3 is 1.41 bits per heavy atom. The molecule has 1 heterocycles. The van der Waals surface area contributed by atoms with E-state index >= 15 is 0 Å². The number of rotatable bonds is 6. The van der Waals surface area contributed by atoms with Gasteiger partial charge in [0.25, 0.3) is 0 Å². The molecule has 2 aromatic carbocycles. The largest absolute Gasteiger partial charge is 0.333 e. The monoisotopic (exact) mass is 366 g/mol. The number of hydrogen-bond donors (Lipinski definition) is 0. The topological polar surface area (TPSA) is 57.7 Å². The van der Waals surface area contributed by atoms with Crippen molar-refractivity contribution in [1.82, 2.24) is 9.80 Å². The van der Waals surface area contributed by atoms with Gasteiger partial charge in [-0.1, -0.05) is 74.5 Å². The number of carbonyl (C=O) groups excluding carboxylic acids is 3. The second-order valence-electron chi connectivity index (χ2n) is 6.02. The SMILES string of the molecule is CC.O=C1CC(=O)N(CCc2ccccc2)C(=O)N1CCc1ccccc1. The zero-order valence-electron chi connectivity index (χ0n) is 15.9. The third-order valence-electron chi connectivity index (χ3n) is 4.30. The fourth-order valence-corrected chi connectivity index (χ4v) is 2.89. The van der Waals surface area contributed by atoms with Crippen LogP contribution in [0.4, 0.5) is 4.79 Å². The van der Waals surface area contributed by atoms with E-state index in [0.717, 1.165) is 11.1 Å². The van der Waals surface area contributed by atoms with Gasteiger partial charge in [-0.25, -0.2) is 4.79 Å². The molecule has 0 spiro atoms. The molecule has 142 valence electrons. The predicted molar refractivity (Wildman–Crippen MR) is 105 cm³/mol. The van der Waals surface area contributed by atoms with Crippen LogP contribution in [-0.4, -0.2) is 40.7 Å². The van der Waals surface area contributed by atoms with Gasteiger partial charge in [0.2, 0.25) is 11.8 Å². The van der Waals surface area contributed by atoms with Gasteiger partial charge >= 0.3 is 6.03 Å². The fourth-order valence-electron chi connectivity index (χ4n) is 2.89. The van der Waals surface area contributed by atoms with Crippen LogP contribution < -0.4 is 0 Å². The molecule has 0 unspecified atom stereocenters. The Morgan fingerprint density at radius 1 is 0.667 bits per heavy atom. The van der Waals surface area contributed by atoms with Gasteiger partial charge in [-0.2, -0.15) is 0 Å². The smallest absolute Gasteiger partial charge is 0.274 e. The molecule has 0 saturated carbocycles. The molecule has 3 rings (SSSR count). The minimum Gasteiger partial charge on any atom is -0.274 e. The molecule has 0 N–H and O–H groups in total. The quantitative estimate of drug-likeness (QED) is 0.733. The van der Waals surface area contributed by atoms with Crippen molar-refractivity contribution in [2.45, 2.75) is 33.1 Å². The molecule has 1 saturated heterocycles. The van der Waals surface area contributed by atoms with E-state index in [2.05, 4.69) is 0 Å². The van der Waals surface area contributed by atoms with E-state index in [1.54, 1.807) is 0 Å². The molecule has 5 heteroatoms. The number of benzene rings is 2. The molecule has 1 aliphatic heterocycles. The first-order valence-corrected chi connectivity index (χ1v) is 9.37. The van der Waals surface area contributed by atoms with Crippen LogP contribution in [0.1, 0.15) is 31.4 Å². The minimum absolute atomic E-state index is 0.241. The third-order valence-corrected chi connectivity index (χ3v) is 4.30. The molecule has 0 radical (unpaired) electrons. The Balaban J connectivity index is 0.00000126. The summed E-state index contributed by atoms with van der Waals surface area (Å²) < 4.78 is 0. The Kier molecular flexibility index (Phi) is 7.74.